The number of nitrogens with one attached hydrogen (secondary N) is 1. The van der Waals surface area contributed by atoms with Crippen molar-refractivity contribution in [1.29, 1.82) is 0 Å². The summed E-state index contributed by atoms with van der Waals surface area (Å²) in [6.45, 7) is 2.97. The summed E-state index contributed by atoms with van der Waals surface area (Å²) in [6.07, 6.45) is 0.832. The summed E-state index contributed by atoms with van der Waals surface area (Å²) in [7, 11) is 0. The highest BCUT2D eigenvalue weighted by molar-refractivity contribution is 9.10. The Morgan fingerprint density at radius 3 is 2.58 bits per heavy atom. The van der Waals surface area contributed by atoms with Gasteiger partial charge >= 0.3 is 0 Å². The lowest BCUT2D eigenvalue weighted by atomic mass is 10.1. The molecule has 2 rings (SSSR count). The maximum atomic E-state index is 13.0. The van der Waals surface area contributed by atoms with Crippen LogP contribution in [0.25, 0.3) is 0 Å². The minimum atomic E-state index is -0.168. The van der Waals surface area contributed by atoms with E-state index in [9.17, 15) is 4.39 Å². The lowest BCUT2D eigenvalue weighted by Gasteiger charge is -2.14. The molecule has 0 heterocycles. The third-order valence-electron chi connectivity index (χ3n) is 3.12. The summed E-state index contributed by atoms with van der Waals surface area (Å²) in [4.78, 5) is 0. The van der Waals surface area contributed by atoms with E-state index in [1.807, 2.05) is 18.2 Å². The van der Waals surface area contributed by atoms with Crippen molar-refractivity contribution >= 4 is 15.9 Å². The van der Waals surface area contributed by atoms with E-state index in [0.29, 0.717) is 6.04 Å². The van der Waals surface area contributed by atoms with E-state index in [2.05, 4.69) is 40.3 Å². The first kappa shape index (κ1) is 14.2. The Labute approximate surface area is 122 Å². The Hall–Kier alpha value is -1.19. The van der Waals surface area contributed by atoms with Crippen molar-refractivity contribution in [3.63, 3.8) is 0 Å². The molecule has 2 aromatic rings. The maximum absolute atomic E-state index is 13.0. The zero-order valence-corrected chi connectivity index (χ0v) is 12.5. The van der Waals surface area contributed by atoms with Gasteiger partial charge in [0.15, 0.2) is 0 Å². The van der Waals surface area contributed by atoms with Gasteiger partial charge in [0, 0.05) is 10.5 Å². The van der Waals surface area contributed by atoms with Gasteiger partial charge in [0.05, 0.1) is 0 Å². The molecular weight excluding hydrogens is 305 g/mol. The molecule has 1 N–H and O–H groups in total. The van der Waals surface area contributed by atoms with Crippen LogP contribution in [0.1, 0.15) is 24.1 Å². The van der Waals surface area contributed by atoms with Gasteiger partial charge in [0.1, 0.15) is 5.82 Å². The van der Waals surface area contributed by atoms with Crippen LogP contribution in [0, 0.1) is 5.82 Å². The average Bonchev–Trinajstić information content (AvgIpc) is 2.39. The largest absolute Gasteiger partial charge is 0.310 e. The molecule has 0 aliphatic carbocycles. The van der Waals surface area contributed by atoms with Crippen molar-refractivity contribution in [3.8, 4) is 0 Å². The van der Waals surface area contributed by atoms with E-state index in [4.69, 9.17) is 0 Å². The van der Waals surface area contributed by atoms with Crippen molar-refractivity contribution in [2.45, 2.75) is 19.4 Å². The fourth-order valence-electron chi connectivity index (χ4n) is 1.99. The molecule has 19 heavy (non-hydrogen) atoms. The quantitative estimate of drug-likeness (QED) is 0.856. The molecule has 0 saturated carbocycles. The highest BCUT2D eigenvalue weighted by Crippen LogP contribution is 2.16. The summed E-state index contributed by atoms with van der Waals surface area (Å²) in [6, 6.07) is 15.3. The normalized spacial score (nSPS) is 12.4. The minimum absolute atomic E-state index is 0.168. The number of halogens is 2. The van der Waals surface area contributed by atoms with Gasteiger partial charge in [0.25, 0.3) is 0 Å². The third kappa shape index (κ3) is 4.44. The molecule has 1 nitrogen and oxygen atoms in total. The van der Waals surface area contributed by atoms with Crippen molar-refractivity contribution in [2.75, 3.05) is 6.54 Å². The molecule has 0 spiro atoms. The zero-order chi connectivity index (χ0) is 13.7. The number of hydrogen-bond donors (Lipinski definition) is 1. The van der Waals surface area contributed by atoms with Gasteiger partial charge in [-0.1, -0.05) is 40.2 Å². The molecule has 1 atom stereocenters. The molecule has 100 valence electrons. The molecule has 0 aromatic heterocycles. The topological polar surface area (TPSA) is 12.0 Å². The molecular formula is C16H17BrFN. The maximum Gasteiger partial charge on any atom is 0.123 e. The Morgan fingerprint density at radius 2 is 1.89 bits per heavy atom. The second-order valence-electron chi connectivity index (χ2n) is 4.61. The molecule has 0 amide bonds. The zero-order valence-electron chi connectivity index (χ0n) is 10.9. The van der Waals surface area contributed by atoms with Crippen molar-refractivity contribution < 1.29 is 4.39 Å². The van der Waals surface area contributed by atoms with Gasteiger partial charge in [-0.25, -0.2) is 4.39 Å². The Kier molecular flexibility index (Phi) is 5.11. The van der Waals surface area contributed by atoms with Crippen LogP contribution in [0.3, 0.4) is 0 Å². The number of hydrogen-bond acceptors (Lipinski definition) is 1. The number of rotatable bonds is 5. The fraction of sp³-hybridized carbons (Fsp3) is 0.250. The minimum Gasteiger partial charge on any atom is -0.310 e. The van der Waals surface area contributed by atoms with Crippen LogP contribution < -0.4 is 5.32 Å². The molecule has 2 aromatic carbocycles. The van der Waals surface area contributed by atoms with Crippen LogP contribution in [-0.4, -0.2) is 6.54 Å². The van der Waals surface area contributed by atoms with E-state index in [1.54, 1.807) is 12.1 Å². The first-order valence-corrected chi connectivity index (χ1v) is 7.18. The van der Waals surface area contributed by atoms with Gasteiger partial charge in [0.2, 0.25) is 0 Å². The van der Waals surface area contributed by atoms with Crippen molar-refractivity contribution in [2.24, 2.45) is 0 Å². The van der Waals surface area contributed by atoms with E-state index < -0.39 is 0 Å². The van der Waals surface area contributed by atoms with Gasteiger partial charge in [-0.2, -0.15) is 0 Å². The summed E-state index contributed by atoms with van der Waals surface area (Å²) >= 11 is 3.43. The molecule has 0 bridgehead atoms. The predicted octanol–water partition coefficient (Wildman–Crippen LogP) is 4.48. The van der Waals surface area contributed by atoms with Gasteiger partial charge in [-0.15, -0.1) is 0 Å². The van der Waals surface area contributed by atoms with Crippen LogP contribution in [0.2, 0.25) is 0 Å². The van der Waals surface area contributed by atoms with Crippen LogP contribution in [0.4, 0.5) is 4.39 Å². The van der Waals surface area contributed by atoms with Crippen LogP contribution in [-0.2, 0) is 6.42 Å². The summed E-state index contributed by atoms with van der Waals surface area (Å²) in [5.41, 5.74) is 2.28. The molecule has 0 aliphatic rings. The SMILES string of the molecule is CC(NCCc1cccc(F)c1)c1ccc(Br)cc1. The van der Waals surface area contributed by atoms with Gasteiger partial charge in [-0.3, -0.25) is 0 Å². The summed E-state index contributed by atoms with van der Waals surface area (Å²) < 4.78 is 14.1. The summed E-state index contributed by atoms with van der Waals surface area (Å²) in [5.74, 6) is -0.168. The first-order chi connectivity index (χ1) is 9.15. The first-order valence-electron chi connectivity index (χ1n) is 6.38. The highest BCUT2D eigenvalue weighted by Gasteiger charge is 2.04. The smallest absolute Gasteiger partial charge is 0.123 e. The van der Waals surface area contributed by atoms with Crippen molar-refractivity contribution in [1.82, 2.24) is 5.32 Å². The predicted molar refractivity (Wildman–Crippen MR) is 80.7 cm³/mol. The van der Waals surface area contributed by atoms with Crippen molar-refractivity contribution in [3.05, 3.63) is 69.9 Å². The van der Waals surface area contributed by atoms with E-state index >= 15 is 0 Å². The lowest BCUT2D eigenvalue weighted by molar-refractivity contribution is 0.574. The Bertz CT molecular complexity index is 525. The van der Waals surface area contributed by atoms with Crippen LogP contribution in [0.15, 0.2) is 53.0 Å². The molecule has 3 heteroatoms. The van der Waals surface area contributed by atoms with Crippen LogP contribution >= 0.6 is 15.9 Å². The molecule has 0 saturated heterocycles. The monoisotopic (exact) mass is 321 g/mol. The highest BCUT2D eigenvalue weighted by atomic mass is 79.9. The second kappa shape index (κ2) is 6.83. The second-order valence-corrected chi connectivity index (χ2v) is 5.52. The van der Waals surface area contributed by atoms with E-state index in [1.165, 1.54) is 11.6 Å². The molecule has 1 unspecified atom stereocenters. The number of benzene rings is 2. The fourth-order valence-corrected chi connectivity index (χ4v) is 2.26. The van der Waals surface area contributed by atoms with E-state index in [0.717, 1.165) is 23.0 Å². The summed E-state index contributed by atoms with van der Waals surface area (Å²) in [5, 5.41) is 3.45. The standard InChI is InChI=1S/C16H17BrFN/c1-12(14-5-7-15(17)8-6-14)19-10-9-13-3-2-4-16(18)11-13/h2-8,11-12,19H,9-10H2,1H3. The third-order valence-corrected chi connectivity index (χ3v) is 3.65. The average molecular weight is 322 g/mol. The van der Waals surface area contributed by atoms with E-state index in [-0.39, 0.29) is 5.82 Å². The molecule has 0 radical (unpaired) electrons. The Morgan fingerprint density at radius 1 is 1.16 bits per heavy atom. The van der Waals surface area contributed by atoms with Gasteiger partial charge < -0.3 is 5.32 Å². The molecule has 0 fully saturated rings. The van der Waals surface area contributed by atoms with Crippen LogP contribution in [0.5, 0.6) is 0 Å². The Balaban J connectivity index is 1.84. The van der Waals surface area contributed by atoms with Gasteiger partial charge in [-0.05, 0) is 55.3 Å². The lowest BCUT2D eigenvalue weighted by Crippen LogP contribution is -2.21. The molecule has 0 aliphatic heterocycles.